The van der Waals surface area contributed by atoms with E-state index in [1.165, 1.54) is 0 Å². The zero-order valence-corrected chi connectivity index (χ0v) is 15.1. The summed E-state index contributed by atoms with van der Waals surface area (Å²) in [5.74, 6) is 1.48. The van der Waals surface area contributed by atoms with Gasteiger partial charge >= 0.3 is 0 Å². The van der Waals surface area contributed by atoms with E-state index in [4.69, 9.17) is 9.47 Å². The summed E-state index contributed by atoms with van der Waals surface area (Å²) in [6.07, 6.45) is 0. The molecule has 5 nitrogen and oxygen atoms in total. The normalized spacial score (nSPS) is 11.2. The van der Waals surface area contributed by atoms with Crippen LogP contribution < -0.4 is 10.3 Å². The molecule has 0 aliphatic rings. The topological polar surface area (TPSA) is 53.4 Å². The van der Waals surface area contributed by atoms with Gasteiger partial charge in [-0.1, -0.05) is 12.1 Å². The van der Waals surface area contributed by atoms with Crippen molar-refractivity contribution >= 4 is 21.6 Å². The second kappa shape index (κ2) is 6.75. The Hall–Kier alpha value is -2.18. The molecule has 0 fully saturated rings. The molecule has 0 saturated heterocycles. The molecule has 0 N–H and O–H groups in total. The number of ether oxygens (including phenoxy) is 2. The van der Waals surface area contributed by atoms with Crippen molar-refractivity contribution in [1.82, 2.24) is 9.55 Å². The fourth-order valence-electron chi connectivity index (χ4n) is 2.81. The minimum absolute atomic E-state index is 0.0624. The molecule has 0 saturated carbocycles. The number of hydrogen-bond donors (Lipinski definition) is 0. The molecule has 24 heavy (non-hydrogen) atoms. The van der Waals surface area contributed by atoms with Crippen molar-refractivity contribution in [1.29, 1.82) is 0 Å². The maximum absolute atomic E-state index is 12.9. The second-order valence-corrected chi connectivity index (χ2v) is 6.68. The van der Waals surface area contributed by atoms with Crippen LogP contribution in [0.1, 0.15) is 17.6 Å². The van der Waals surface area contributed by atoms with Crippen LogP contribution in [0.5, 0.6) is 5.75 Å². The predicted octanol–water partition coefficient (Wildman–Crippen LogP) is 3.74. The first-order chi connectivity index (χ1) is 11.6. The van der Waals surface area contributed by atoms with Crippen LogP contribution in [-0.2, 0) is 11.5 Å². The Labute approximate surface area is 144 Å². The third kappa shape index (κ3) is 2.83. The van der Waals surface area contributed by atoms with Gasteiger partial charge in [0.25, 0.3) is 5.56 Å². The van der Waals surface area contributed by atoms with E-state index in [0.29, 0.717) is 17.8 Å². The molecular formula is C18H20N2O3S. The first-order valence-electron chi connectivity index (χ1n) is 7.79. The maximum atomic E-state index is 12.9. The largest absolute Gasteiger partial charge is 0.494 e. The standard InChI is InChI=1S/C18H20N2O3S/c1-5-23-14-8-6-13(7-9-14)15-11(2)24-17-16(15)18(21)20(10-22-4)12(3)19-17/h6-9H,5,10H2,1-4H3. The highest BCUT2D eigenvalue weighted by Crippen LogP contribution is 2.36. The molecule has 126 valence electrons. The van der Waals surface area contributed by atoms with Crippen LogP contribution in [0.3, 0.4) is 0 Å². The molecule has 0 atom stereocenters. The van der Waals surface area contributed by atoms with E-state index in [1.807, 2.05) is 45.0 Å². The van der Waals surface area contributed by atoms with Gasteiger partial charge in [0.1, 0.15) is 23.1 Å². The molecule has 0 aliphatic heterocycles. The van der Waals surface area contributed by atoms with Crippen molar-refractivity contribution in [3.05, 3.63) is 45.3 Å². The Morgan fingerprint density at radius 2 is 1.92 bits per heavy atom. The highest BCUT2D eigenvalue weighted by molar-refractivity contribution is 7.19. The number of methoxy groups -OCH3 is 1. The lowest BCUT2D eigenvalue weighted by atomic mass is 10.0. The third-order valence-corrected chi connectivity index (χ3v) is 4.89. The molecule has 0 aliphatic carbocycles. The summed E-state index contributed by atoms with van der Waals surface area (Å²) in [5, 5.41) is 0.657. The fraction of sp³-hybridized carbons (Fsp3) is 0.333. The lowest BCUT2D eigenvalue weighted by Crippen LogP contribution is -2.24. The lowest BCUT2D eigenvalue weighted by Gasteiger charge is -2.09. The minimum Gasteiger partial charge on any atom is -0.494 e. The highest BCUT2D eigenvalue weighted by atomic mass is 32.1. The van der Waals surface area contributed by atoms with Crippen LogP contribution in [0.2, 0.25) is 0 Å². The molecule has 6 heteroatoms. The van der Waals surface area contributed by atoms with Crippen molar-refractivity contribution in [3.8, 4) is 16.9 Å². The summed E-state index contributed by atoms with van der Waals surface area (Å²) in [6.45, 7) is 6.63. The van der Waals surface area contributed by atoms with Gasteiger partial charge in [-0.2, -0.15) is 0 Å². The summed E-state index contributed by atoms with van der Waals surface area (Å²) < 4.78 is 12.2. The highest BCUT2D eigenvalue weighted by Gasteiger charge is 2.18. The number of thiophene rings is 1. The van der Waals surface area contributed by atoms with Crippen molar-refractivity contribution in [2.24, 2.45) is 0 Å². The van der Waals surface area contributed by atoms with Gasteiger partial charge in [0.2, 0.25) is 0 Å². The van der Waals surface area contributed by atoms with Crippen molar-refractivity contribution < 1.29 is 9.47 Å². The van der Waals surface area contributed by atoms with Gasteiger partial charge < -0.3 is 9.47 Å². The molecule has 1 aromatic carbocycles. The predicted molar refractivity (Wildman–Crippen MR) is 97.0 cm³/mol. The molecule has 0 unspecified atom stereocenters. The molecule has 0 spiro atoms. The molecule has 3 aromatic rings. The second-order valence-electron chi connectivity index (χ2n) is 5.48. The zero-order valence-electron chi connectivity index (χ0n) is 14.3. The zero-order chi connectivity index (χ0) is 17.3. The molecule has 2 heterocycles. The van der Waals surface area contributed by atoms with E-state index in [9.17, 15) is 4.79 Å². The average Bonchev–Trinajstić information content (AvgIpc) is 2.88. The Bertz CT molecular complexity index is 926. The van der Waals surface area contributed by atoms with Gasteiger partial charge in [-0.3, -0.25) is 9.36 Å². The number of fused-ring (bicyclic) bond motifs is 1. The summed E-state index contributed by atoms with van der Waals surface area (Å²) >= 11 is 1.55. The summed E-state index contributed by atoms with van der Waals surface area (Å²) in [6, 6.07) is 7.83. The van der Waals surface area contributed by atoms with Crippen molar-refractivity contribution in [2.75, 3.05) is 13.7 Å². The van der Waals surface area contributed by atoms with Gasteiger partial charge in [-0.25, -0.2) is 4.98 Å². The van der Waals surface area contributed by atoms with E-state index < -0.39 is 0 Å². The fourth-order valence-corrected chi connectivity index (χ4v) is 3.89. The van der Waals surface area contributed by atoms with Crippen molar-refractivity contribution in [2.45, 2.75) is 27.5 Å². The Kier molecular flexibility index (Phi) is 4.69. The van der Waals surface area contributed by atoms with Gasteiger partial charge in [0, 0.05) is 17.6 Å². The number of rotatable bonds is 5. The Morgan fingerprint density at radius 3 is 2.54 bits per heavy atom. The van der Waals surface area contributed by atoms with Gasteiger partial charge in [0.15, 0.2) is 0 Å². The molecule has 3 rings (SSSR count). The number of aromatic nitrogens is 2. The molecule has 0 bridgehead atoms. The smallest absolute Gasteiger partial charge is 0.264 e. The van der Waals surface area contributed by atoms with Crippen LogP contribution >= 0.6 is 11.3 Å². The SMILES string of the molecule is CCOc1ccc(-c2c(C)sc3nc(C)n(COC)c(=O)c23)cc1. The molecule has 0 radical (unpaired) electrons. The number of benzene rings is 1. The number of aryl methyl sites for hydroxylation is 2. The summed E-state index contributed by atoms with van der Waals surface area (Å²) in [4.78, 5) is 19.4. The van der Waals surface area contributed by atoms with Crippen LogP contribution in [0.4, 0.5) is 0 Å². The quantitative estimate of drug-likeness (QED) is 0.707. The average molecular weight is 344 g/mol. The lowest BCUT2D eigenvalue weighted by molar-refractivity contribution is 0.126. The van der Waals surface area contributed by atoms with E-state index in [-0.39, 0.29) is 12.3 Å². The molecular weight excluding hydrogens is 324 g/mol. The van der Waals surface area contributed by atoms with E-state index >= 15 is 0 Å². The number of nitrogens with zero attached hydrogens (tertiary/aromatic N) is 2. The van der Waals surface area contributed by atoms with E-state index in [0.717, 1.165) is 26.6 Å². The van der Waals surface area contributed by atoms with Crippen LogP contribution in [0.15, 0.2) is 29.1 Å². The first kappa shape index (κ1) is 16.7. The monoisotopic (exact) mass is 344 g/mol. The number of hydrogen-bond acceptors (Lipinski definition) is 5. The summed E-state index contributed by atoms with van der Waals surface area (Å²) in [7, 11) is 1.57. The van der Waals surface area contributed by atoms with Gasteiger partial charge in [0.05, 0.1) is 12.0 Å². The third-order valence-electron chi connectivity index (χ3n) is 3.89. The van der Waals surface area contributed by atoms with Gasteiger partial charge in [-0.05, 0) is 38.5 Å². The van der Waals surface area contributed by atoms with Crippen LogP contribution in [0.25, 0.3) is 21.3 Å². The van der Waals surface area contributed by atoms with Crippen LogP contribution in [-0.4, -0.2) is 23.3 Å². The molecule has 2 aromatic heterocycles. The van der Waals surface area contributed by atoms with Crippen molar-refractivity contribution in [3.63, 3.8) is 0 Å². The maximum Gasteiger partial charge on any atom is 0.264 e. The first-order valence-corrected chi connectivity index (χ1v) is 8.61. The Balaban J connectivity index is 2.22. The molecule has 0 amide bonds. The van der Waals surface area contributed by atoms with Crippen LogP contribution in [0, 0.1) is 13.8 Å². The van der Waals surface area contributed by atoms with Gasteiger partial charge in [-0.15, -0.1) is 11.3 Å². The van der Waals surface area contributed by atoms with E-state index in [2.05, 4.69) is 4.98 Å². The van der Waals surface area contributed by atoms with E-state index in [1.54, 1.807) is 23.0 Å². The summed E-state index contributed by atoms with van der Waals surface area (Å²) in [5.41, 5.74) is 1.88. The minimum atomic E-state index is -0.0624. The Morgan fingerprint density at radius 1 is 1.21 bits per heavy atom.